The SMILES string of the molecule is CN(CCC(=O)O)C(=O)CCNS(=O)(=O)c1ccc([N+](=O)[O-])cc1. The number of aliphatic carboxylic acids is 1. The normalized spacial score (nSPS) is 11.0. The van der Waals surface area contributed by atoms with E-state index in [1.165, 1.54) is 11.9 Å². The first-order chi connectivity index (χ1) is 11.1. The van der Waals surface area contributed by atoms with E-state index in [1.807, 2.05) is 0 Å². The minimum absolute atomic E-state index is 0.0310. The summed E-state index contributed by atoms with van der Waals surface area (Å²) in [6.07, 6.45) is -0.334. The summed E-state index contributed by atoms with van der Waals surface area (Å²) in [6, 6.07) is 4.33. The highest BCUT2D eigenvalue weighted by molar-refractivity contribution is 7.89. The van der Waals surface area contributed by atoms with Gasteiger partial charge in [0.25, 0.3) is 5.69 Å². The number of benzene rings is 1. The van der Waals surface area contributed by atoms with Crippen LogP contribution in [0.1, 0.15) is 12.8 Å². The average Bonchev–Trinajstić information content (AvgIpc) is 2.52. The number of amides is 1. The summed E-state index contributed by atoms with van der Waals surface area (Å²) in [7, 11) is -2.46. The topological polar surface area (TPSA) is 147 Å². The van der Waals surface area contributed by atoms with Crippen LogP contribution < -0.4 is 4.72 Å². The lowest BCUT2D eigenvalue weighted by atomic mass is 10.3. The molecule has 0 unspecified atom stereocenters. The van der Waals surface area contributed by atoms with Gasteiger partial charge in [-0.15, -0.1) is 0 Å². The predicted molar refractivity (Wildman–Crippen MR) is 82.8 cm³/mol. The van der Waals surface area contributed by atoms with Crippen LogP contribution in [0.3, 0.4) is 0 Å². The van der Waals surface area contributed by atoms with Crippen LogP contribution >= 0.6 is 0 Å². The van der Waals surface area contributed by atoms with Gasteiger partial charge in [-0.05, 0) is 12.1 Å². The molecular weight excluding hydrogens is 342 g/mol. The minimum Gasteiger partial charge on any atom is -0.481 e. The molecule has 0 heterocycles. The second-order valence-corrected chi connectivity index (χ2v) is 6.62. The van der Waals surface area contributed by atoms with E-state index in [4.69, 9.17) is 5.11 Å². The summed E-state index contributed by atoms with van der Waals surface area (Å²) in [5, 5.41) is 19.1. The van der Waals surface area contributed by atoms with Crippen molar-refractivity contribution >= 4 is 27.6 Å². The Labute approximate surface area is 138 Å². The Morgan fingerprint density at radius 2 is 1.83 bits per heavy atom. The lowest BCUT2D eigenvalue weighted by Gasteiger charge is -2.16. The van der Waals surface area contributed by atoms with Crippen molar-refractivity contribution in [3.05, 3.63) is 34.4 Å². The van der Waals surface area contributed by atoms with Crippen LogP contribution in [0, 0.1) is 10.1 Å². The van der Waals surface area contributed by atoms with Crippen LogP contribution in [0.15, 0.2) is 29.2 Å². The van der Waals surface area contributed by atoms with Gasteiger partial charge in [0.05, 0.1) is 16.2 Å². The van der Waals surface area contributed by atoms with Crippen LogP contribution in [-0.4, -0.2) is 55.4 Å². The zero-order chi connectivity index (χ0) is 18.3. The Kier molecular flexibility index (Phi) is 6.80. The lowest BCUT2D eigenvalue weighted by Crippen LogP contribution is -2.33. The highest BCUT2D eigenvalue weighted by Gasteiger charge is 2.17. The Morgan fingerprint density at radius 3 is 2.33 bits per heavy atom. The molecule has 0 radical (unpaired) electrons. The molecule has 11 heteroatoms. The summed E-state index contributed by atoms with van der Waals surface area (Å²) < 4.78 is 26.2. The summed E-state index contributed by atoms with van der Waals surface area (Å²) in [5.74, 6) is -1.43. The first-order valence-corrected chi connectivity index (χ1v) is 8.31. The van der Waals surface area contributed by atoms with Gasteiger partial charge in [0.2, 0.25) is 15.9 Å². The molecule has 0 fully saturated rings. The number of carbonyl (C=O) groups excluding carboxylic acids is 1. The van der Waals surface area contributed by atoms with E-state index in [1.54, 1.807) is 0 Å². The second-order valence-electron chi connectivity index (χ2n) is 4.86. The number of carboxylic acid groups (broad SMARTS) is 1. The minimum atomic E-state index is -3.89. The fourth-order valence-electron chi connectivity index (χ4n) is 1.70. The van der Waals surface area contributed by atoms with Crippen LogP contribution in [0.5, 0.6) is 0 Å². The van der Waals surface area contributed by atoms with Gasteiger partial charge in [-0.25, -0.2) is 13.1 Å². The van der Waals surface area contributed by atoms with Crippen molar-refractivity contribution < 1.29 is 28.0 Å². The van der Waals surface area contributed by atoms with Gasteiger partial charge in [-0.1, -0.05) is 0 Å². The number of nitrogens with zero attached hydrogens (tertiary/aromatic N) is 2. The van der Waals surface area contributed by atoms with E-state index < -0.39 is 26.8 Å². The van der Waals surface area contributed by atoms with Crippen LogP contribution in [0.2, 0.25) is 0 Å². The van der Waals surface area contributed by atoms with Crippen LogP contribution in [-0.2, 0) is 19.6 Å². The van der Waals surface area contributed by atoms with Crippen molar-refractivity contribution in [1.82, 2.24) is 9.62 Å². The highest BCUT2D eigenvalue weighted by Crippen LogP contribution is 2.15. The molecule has 1 aromatic carbocycles. The molecule has 24 heavy (non-hydrogen) atoms. The van der Waals surface area contributed by atoms with Gasteiger partial charge in [-0.3, -0.25) is 19.7 Å². The van der Waals surface area contributed by atoms with Gasteiger partial charge in [-0.2, -0.15) is 0 Å². The molecule has 0 aliphatic heterocycles. The number of nitro benzene ring substituents is 1. The highest BCUT2D eigenvalue weighted by atomic mass is 32.2. The number of carbonyl (C=O) groups is 2. The molecule has 1 aromatic rings. The summed E-state index contributed by atoms with van der Waals surface area (Å²) in [5.41, 5.74) is -0.232. The first-order valence-electron chi connectivity index (χ1n) is 6.83. The molecule has 1 rings (SSSR count). The zero-order valence-corrected chi connectivity index (χ0v) is 13.7. The Bertz CT molecular complexity index is 716. The third-order valence-corrected chi connectivity index (χ3v) is 4.55. The maximum Gasteiger partial charge on any atom is 0.305 e. The van der Waals surface area contributed by atoms with Crippen molar-refractivity contribution in [3.63, 3.8) is 0 Å². The number of sulfonamides is 1. The Morgan fingerprint density at radius 1 is 1.25 bits per heavy atom. The smallest absolute Gasteiger partial charge is 0.305 e. The van der Waals surface area contributed by atoms with Crippen molar-refractivity contribution in [2.24, 2.45) is 0 Å². The summed E-state index contributed by atoms with van der Waals surface area (Å²) in [6.45, 7) is -0.140. The fourth-order valence-corrected chi connectivity index (χ4v) is 2.73. The largest absolute Gasteiger partial charge is 0.481 e. The first kappa shape index (κ1) is 19.5. The van der Waals surface area contributed by atoms with Gasteiger partial charge in [0.1, 0.15) is 0 Å². The predicted octanol–water partition coefficient (Wildman–Crippen LogP) is 0.196. The number of hydrogen-bond donors (Lipinski definition) is 2. The molecule has 0 aliphatic carbocycles. The molecule has 0 atom stereocenters. The molecule has 0 spiro atoms. The fraction of sp³-hybridized carbons (Fsp3) is 0.385. The van der Waals surface area contributed by atoms with E-state index in [9.17, 15) is 28.1 Å². The average molecular weight is 359 g/mol. The number of nitro groups is 1. The number of rotatable bonds is 9. The molecule has 0 bridgehead atoms. The van der Waals surface area contributed by atoms with E-state index in [0.717, 1.165) is 24.3 Å². The monoisotopic (exact) mass is 359 g/mol. The standard InChI is InChI=1S/C13H17N3O7S/c1-15(9-7-13(18)19)12(17)6-8-14-24(22,23)11-4-2-10(3-5-11)16(20)21/h2-5,14H,6-9H2,1H3,(H,18,19). The van der Waals surface area contributed by atoms with Gasteiger partial charge in [0.15, 0.2) is 0 Å². The molecule has 132 valence electrons. The quantitative estimate of drug-likeness (QED) is 0.472. The molecule has 0 aromatic heterocycles. The molecule has 0 saturated heterocycles. The van der Waals surface area contributed by atoms with Crippen molar-refractivity contribution in [2.75, 3.05) is 20.1 Å². The van der Waals surface area contributed by atoms with Crippen LogP contribution in [0.25, 0.3) is 0 Å². The third kappa shape index (κ3) is 5.93. The van der Waals surface area contributed by atoms with E-state index in [-0.39, 0.29) is 36.5 Å². The van der Waals surface area contributed by atoms with Crippen LogP contribution in [0.4, 0.5) is 5.69 Å². The number of nitrogens with one attached hydrogen (secondary N) is 1. The van der Waals surface area contributed by atoms with Gasteiger partial charge < -0.3 is 10.0 Å². The second kappa shape index (κ2) is 8.36. The molecule has 1 amide bonds. The molecular formula is C13H17N3O7S. The summed E-state index contributed by atoms with van der Waals surface area (Å²) >= 11 is 0. The van der Waals surface area contributed by atoms with Crippen molar-refractivity contribution in [2.45, 2.75) is 17.7 Å². The summed E-state index contributed by atoms with van der Waals surface area (Å²) in [4.78, 5) is 33.1. The van der Waals surface area contributed by atoms with Crippen molar-refractivity contribution in [1.29, 1.82) is 0 Å². The van der Waals surface area contributed by atoms with Gasteiger partial charge >= 0.3 is 5.97 Å². The van der Waals surface area contributed by atoms with Gasteiger partial charge in [0, 0.05) is 38.7 Å². The Balaban J connectivity index is 2.55. The molecule has 0 aliphatic rings. The molecule has 10 nitrogen and oxygen atoms in total. The van der Waals surface area contributed by atoms with Crippen molar-refractivity contribution in [3.8, 4) is 0 Å². The number of hydrogen-bond acceptors (Lipinski definition) is 6. The maximum absolute atomic E-state index is 12.0. The lowest BCUT2D eigenvalue weighted by molar-refractivity contribution is -0.384. The maximum atomic E-state index is 12.0. The Hall–Kier alpha value is -2.53. The molecule has 0 saturated carbocycles. The third-order valence-electron chi connectivity index (χ3n) is 3.08. The van der Waals surface area contributed by atoms with E-state index in [2.05, 4.69) is 4.72 Å². The van der Waals surface area contributed by atoms with E-state index >= 15 is 0 Å². The number of non-ortho nitro benzene ring substituents is 1. The molecule has 2 N–H and O–H groups in total. The number of carboxylic acids is 1. The zero-order valence-electron chi connectivity index (χ0n) is 12.8. The van der Waals surface area contributed by atoms with E-state index in [0.29, 0.717) is 0 Å².